The molecule has 0 aliphatic rings. The molecule has 4 atom stereocenters. The fraction of sp³-hybridized carbons (Fsp3) is 0.700. The number of carbonyl (C=O) groups is 1. The third-order valence-corrected chi connectivity index (χ3v) is 2.00. The van der Waals surface area contributed by atoms with Crippen molar-refractivity contribution >= 4 is 5.97 Å². The minimum absolute atomic E-state index is 0.174. The van der Waals surface area contributed by atoms with E-state index in [9.17, 15) is 20.1 Å². The molecule has 0 aliphatic heterocycles. The molecular weight excluding hydrogens is 232 g/mol. The van der Waals surface area contributed by atoms with Crippen molar-refractivity contribution in [2.75, 3.05) is 13.2 Å². The maximum atomic E-state index is 10.9. The van der Waals surface area contributed by atoms with E-state index in [1.165, 1.54) is 0 Å². The van der Waals surface area contributed by atoms with E-state index in [1.54, 1.807) is 6.92 Å². The van der Waals surface area contributed by atoms with Crippen LogP contribution in [0.4, 0.5) is 0 Å². The van der Waals surface area contributed by atoms with Crippen LogP contribution in [0.1, 0.15) is 6.92 Å². The number of carbonyl (C=O) groups excluding carboxylic acids is 1. The average Bonchev–Trinajstić information content (AvgIpc) is 2.33. The third kappa shape index (κ3) is 5.76. The second-order valence-electron chi connectivity index (χ2n) is 3.33. The van der Waals surface area contributed by atoms with Crippen LogP contribution in [0.25, 0.3) is 0 Å². The van der Waals surface area contributed by atoms with E-state index in [1.807, 2.05) is 0 Å². The molecule has 0 fully saturated rings. The Bertz CT molecular complexity index is 253. The molecule has 0 saturated heterocycles. The molecule has 4 unspecified atom stereocenters. The summed E-state index contributed by atoms with van der Waals surface area (Å²) >= 11 is 0. The first-order valence-electron chi connectivity index (χ1n) is 5.12. The minimum Gasteiger partial charge on any atom is -0.463 e. The Morgan fingerprint density at radius 3 is 2.29 bits per heavy atom. The van der Waals surface area contributed by atoms with E-state index in [-0.39, 0.29) is 6.61 Å². The maximum Gasteiger partial charge on any atom is 0.330 e. The van der Waals surface area contributed by atoms with Gasteiger partial charge >= 0.3 is 5.97 Å². The van der Waals surface area contributed by atoms with E-state index < -0.39 is 37.0 Å². The molecule has 0 rings (SSSR count). The molecule has 7 nitrogen and oxygen atoms in total. The molecule has 0 bridgehead atoms. The number of hydrogen-bond acceptors (Lipinski definition) is 7. The third-order valence-electron chi connectivity index (χ3n) is 2.00. The van der Waals surface area contributed by atoms with Crippen LogP contribution >= 0.6 is 0 Å². The second kappa shape index (κ2) is 8.15. The monoisotopic (exact) mass is 250 g/mol. The lowest BCUT2D eigenvalue weighted by atomic mass is 10.0. The molecule has 100 valence electrons. The highest BCUT2D eigenvalue weighted by atomic mass is 16.5. The quantitative estimate of drug-likeness (QED) is 0.250. The first-order chi connectivity index (χ1) is 7.93. The zero-order valence-electron chi connectivity index (χ0n) is 9.43. The van der Waals surface area contributed by atoms with Crippen molar-refractivity contribution in [2.24, 2.45) is 0 Å². The molecule has 0 aromatic carbocycles. The fourth-order valence-electron chi connectivity index (χ4n) is 1.02. The van der Waals surface area contributed by atoms with Gasteiger partial charge in [0.1, 0.15) is 24.4 Å². The van der Waals surface area contributed by atoms with Gasteiger partial charge < -0.3 is 30.3 Å². The van der Waals surface area contributed by atoms with Crippen molar-refractivity contribution in [3.8, 4) is 0 Å². The largest absolute Gasteiger partial charge is 0.463 e. The molecule has 0 saturated carbocycles. The predicted molar refractivity (Wildman–Crippen MR) is 56.9 cm³/mol. The van der Waals surface area contributed by atoms with Gasteiger partial charge in [0.25, 0.3) is 0 Å². The molecular formula is C10H18O7. The van der Waals surface area contributed by atoms with E-state index in [0.717, 1.165) is 12.2 Å². The van der Waals surface area contributed by atoms with Gasteiger partial charge in [0.15, 0.2) is 0 Å². The SMILES string of the molecule is CCOC(=O)/C=C/C(O)C(O)C(O)C(O)CO. The number of aliphatic hydroxyl groups is 5. The summed E-state index contributed by atoms with van der Waals surface area (Å²) in [6.07, 6.45) is -4.75. The lowest BCUT2D eigenvalue weighted by Crippen LogP contribution is -2.45. The smallest absolute Gasteiger partial charge is 0.330 e. The normalized spacial score (nSPS) is 18.7. The van der Waals surface area contributed by atoms with Crippen molar-refractivity contribution in [1.29, 1.82) is 0 Å². The van der Waals surface area contributed by atoms with Gasteiger partial charge in [-0.1, -0.05) is 0 Å². The fourth-order valence-corrected chi connectivity index (χ4v) is 1.02. The molecule has 0 spiro atoms. The van der Waals surface area contributed by atoms with Crippen LogP contribution in [0.15, 0.2) is 12.2 Å². The minimum atomic E-state index is -1.72. The van der Waals surface area contributed by atoms with Crippen LogP contribution < -0.4 is 0 Å². The lowest BCUT2D eigenvalue weighted by Gasteiger charge is -2.23. The van der Waals surface area contributed by atoms with Gasteiger partial charge in [-0.2, -0.15) is 0 Å². The van der Waals surface area contributed by atoms with E-state index >= 15 is 0 Å². The number of hydrogen-bond donors (Lipinski definition) is 5. The number of rotatable bonds is 7. The average molecular weight is 250 g/mol. The van der Waals surface area contributed by atoms with Crippen LogP contribution in [0.2, 0.25) is 0 Å². The zero-order chi connectivity index (χ0) is 13.4. The Labute approximate surface area is 98.6 Å². The summed E-state index contributed by atoms with van der Waals surface area (Å²) in [5.41, 5.74) is 0. The number of aliphatic hydroxyl groups excluding tert-OH is 5. The van der Waals surface area contributed by atoms with Crippen LogP contribution in [0.3, 0.4) is 0 Å². The number of ether oxygens (including phenoxy) is 1. The van der Waals surface area contributed by atoms with Gasteiger partial charge in [-0.05, 0) is 13.0 Å². The molecule has 0 radical (unpaired) electrons. The van der Waals surface area contributed by atoms with E-state index in [4.69, 9.17) is 10.2 Å². The lowest BCUT2D eigenvalue weighted by molar-refractivity contribution is -0.137. The van der Waals surface area contributed by atoms with Gasteiger partial charge in [-0.25, -0.2) is 4.79 Å². The first-order valence-corrected chi connectivity index (χ1v) is 5.12. The molecule has 7 heteroatoms. The van der Waals surface area contributed by atoms with Crippen molar-refractivity contribution < 1.29 is 35.1 Å². The summed E-state index contributed by atoms with van der Waals surface area (Å²) in [5, 5.41) is 45.5. The van der Waals surface area contributed by atoms with Crippen LogP contribution in [-0.4, -0.2) is 69.1 Å². The Kier molecular flexibility index (Phi) is 7.68. The van der Waals surface area contributed by atoms with Gasteiger partial charge in [-0.15, -0.1) is 0 Å². The van der Waals surface area contributed by atoms with Gasteiger partial charge in [0, 0.05) is 6.08 Å². The standard InChI is InChI=1S/C10H18O7/c1-2-17-8(14)4-3-6(12)9(15)10(16)7(13)5-11/h3-4,6-7,9-13,15-16H,2,5H2,1H3/b4-3+. The molecule has 5 N–H and O–H groups in total. The summed E-state index contributed by atoms with van der Waals surface area (Å²) in [4.78, 5) is 10.9. The maximum absolute atomic E-state index is 10.9. The van der Waals surface area contributed by atoms with Crippen molar-refractivity contribution in [1.82, 2.24) is 0 Å². The van der Waals surface area contributed by atoms with E-state index in [0.29, 0.717) is 0 Å². The van der Waals surface area contributed by atoms with Crippen molar-refractivity contribution in [2.45, 2.75) is 31.3 Å². The molecule has 0 aliphatic carbocycles. The van der Waals surface area contributed by atoms with Gasteiger partial charge in [0.2, 0.25) is 0 Å². The van der Waals surface area contributed by atoms with E-state index in [2.05, 4.69) is 4.74 Å². The first kappa shape index (κ1) is 16.0. The highest BCUT2D eigenvalue weighted by Crippen LogP contribution is 2.06. The zero-order valence-corrected chi connectivity index (χ0v) is 9.43. The summed E-state index contributed by atoms with van der Waals surface area (Å²) in [7, 11) is 0. The van der Waals surface area contributed by atoms with Crippen molar-refractivity contribution in [3.05, 3.63) is 12.2 Å². The van der Waals surface area contributed by atoms with Crippen LogP contribution in [-0.2, 0) is 9.53 Å². The highest BCUT2D eigenvalue weighted by Gasteiger charge is 2.28. The van der Waals surface area contributed by atoms with Crippen molar-refractivity contribution in [3.63, 3.8) is 0 Å². The Morgan fingerprint density at radius 1 is 1.24 bits per heavy atom. The summed E-state index contributed by atoms with van der Waals surface area (Å²) in [5.74, 6) is -0.698. The molecule has 0 amide bonds. The molecule has 0 aromatic heterocycles. The second-order valence-corrected chi connectivity index (χ2v) is 3.33. The molecule has 17 heavy (non-hydrogen) atoms. The Balaban J connectivity index is 4.30. The summed E-state index contributed by atoms with van der Waals surface area (Å²) in [6.45, 7) is 1.03. The molecule has 0 heterocycles. The Morgan fingerprint density at radius 2 is 1.82 bits per heavy atom. The van der Waals surface area contributed by atoms with Gasteiger partial charge in [-0.3, -0.25) is 0 Å². The predicted octanol–water partition coefficient (Wildman–Crippen LogP) is -2.46. The number of esters is 1. The van der Waals surface area contributed by atoms with Gasteiger partial charge in [0.05, 0.1) is 13.2 Å². The Hall–Kier alpha value is -0.990. The topological polar surface area (TPSA) is 127 Å². The summed E-state index contributed by atoms with van der Waals surface area (Å²) < 4.78 is 4.53. The van der Waals surface area contributed by atoms with Crippen LogP contribution in [0.5, 0.6) is 0 Å². The molecule has 0 aromatic rings. The van der Waals surface area contributed by atoms with Crippen LogP contribution in [0, 0.1) is 0 Å². The highest BCUT2D eigenvalue weighted by molar-refractivity contribution is 5.81. The summed E-state index contributed by atoms with van der Waals surface area (Å²) in [6, 6.07) is 0.